The smallest absolute Gasteiger partial charge is 0.123 e. The van der Waals surface area contributed by atoms with E-state index in [0.29, 0.717) is 0 Å². The van der Waals surface area contributed by atoms with Crippen molar-refractivity contribution in [3.8, 4) is 11.3 Å². The van der Waals surface area contributed by atoms with Gasteiger partial charge in [-0.05, 0) is 36.6 Å². The number of hydrogen-bond acceptors (Lipinski definition) is 2. The second-order valence-electron chi connectivity index (χ2n) is 4.70. The molecule has 0 bridgehead atoms. The molecule has 0 aliphatic rings. The van der Waals surface area contributed by atoms with E-state index in [0.717, 1.165) is 18.5 Å². The zero-order valence-corrected chi connectivity index (χ0v) is 12.6. The maximum atomic E-state index is 6.01. The van der Waals surface area contributed by atoms with Crippen molar-refractivity contribution in [1.29, 1.82) is 0 Å². The van der Waals surface area contributed by atoms with Crippen molar-refractivity contribution in [3.63, 3.8) is 0 Å². The summed E-state index contributed by atoms with van der Waals surface area (Å²) in [5, 5.41) is 0. The summed E-state index contributed by atoms with van der Waals surface area (Å²) < 4.78 is 0. The van der Waals surface area contributed by atoms with Gasteiger partial charge in [-0.15, -0.1) is 0 Å². The zero-order chi connectivity index (χ0) is 14.4. The topological polar surface area (TPSA) is 25.2 Å². The Morgan fingerprint density at radius 2 is 2.10 bits per heavy atom. The maximum absolute atomic E-state index is 6.01. The highest BCUT2D eigenvalue weighted by Crippen LogP contribution is 2.25. The molecule has 0 saturated carbocycles. The molecule has 1 unspecified atom stereocenters. The normalized spacial score (nSPS) is 12.8. The lowest BCUT2D eigenvalue weighted by molar-refractivity contribution is 0.860. The van der Waals surface area contributed by atoms with Gasteiger partial charge in [-0.2, -0.15) is 0 Å². The summed E-state index contributed by atoms with van der Waals surface area (Å²) in [6.07, 6.45) is 5.35. The van der Waals surface area contributed by atoms with E-state index in [1.54, 1.807) is 0 Å². The van der Waals surface area contributed by atoms with Gasteiger partial charge in [0.15, 0.2) is 0 Å². The fourth-order valence-corrected chi connectivity index (χ4v) is 2.23. The molecular formula is C17H19ClN2. The van der Waals surface area contributed by atoms with Gasteiger partial charge in [0.1, 0.15) is 5.50 Å². The Morgan fingerprint density at radius 3 is 2.80 bits per heavy atom. The van der Waals surface area contributed by atoms with Crippen molar-refractivity contribution in [2.24, 2.45) is 4.99 Å². The van der Waals surface area contributed by atoms with Gasteiger partial charge in [0.25, 0.3) is 0 Å². The predicted octanol–water partition coefficient (Wildman–Crippen LogP) is 4.65. The molecule has 0 amide bonds. The molecule has 0 aliphatic heterocycles. The van der Waals surface area contributed by atoms with Crippen molar-refractivity contribution in [1.82, 2.24) is 4.98 Å². The van der Waals surface area contributed by atoms with Gasteiger partial charge in [-0.25, -0.2) is 0 Å². The number of rotatable bonds is 5. The van der Waals surface area contributed by atoms with Crippen LogP contribution in [0.4, 0.5) is 0 Å². The highest BCUT2D eigenvalue weighted by molar-refractivity contribution is 6.20. The third-order valence-corrected chi connectivity index (χ3v) is 3.62. The first kappa shape index (κ1) is 14.7. The van der Waals surface area contributed by atoms with Crippen LogP contribution in [0.15, 0.2) is 47.6 Å². The lowest BCUT2D eigenvalue weighted by Crippen LogP contribution is -1.98. The number of alkyl halides is 1. The molecule has 104 valence electrons. The molecule has 0 radical (unpaired) electrons. The van der Waals surface area contributed by atoms with Crippen LogP contribution in [0.3, 0.4) is 0 Å². The average Bonchev–Trinajstić information content (AvgIpc) is 2.48. The Kier molecular flexibility index (Phi) is 5.31. The van der Waals surface area contributed by atoms with E-state index in [4.69, 9.17) is 11.6 Å². The second-order valence-corrected chi connectivity index (χ2v) is 5.21. The molecule has 0 saturated heterocycles. The van der Waals surface area contributed by atoms with E-state index in [9.17, 15) is 0 Å². The third kappa shape index (κ3) is 3.67. The summed E-state index contributed by atoms with van der Waals surface area (Å²) in [6.45, 7) is 4.14. The monoisotopic (exact) mass is 286 g/mol. The molecule has 20 heavy (non-hydrogen) atoms. The fraction of sp³-hybridized carbons (Fsp3) is 0.294. The quantitative estimate of drug-likeness (QED) is 0.446. The molecule has 1 aromatic carbocycles. The lowest BCUT2D eigenvalue weighted by atomic mass is 9.97. The van der Waals surface area contributed by atoms with Crippen molar-refractivity contribution >= 4 is 17.8 Å². The van der Waals surface area contributed by atoms with Gasteiger partial charge >= 0.3 is 0 Å². The van der Waals surface area contributed by atoms with Crippen LogP contribution in [0.2, 0.25) is 0 Å². The molecule has 2 rings (SSSR count). The minimum absolute atomic E-state index is 0.127. The Labute approximate surface area is 125 Å². The zero-order valence-electron chi connectivity index (χ0n) is 11.9. The Morgan fingerprint density at radius 1 is 1.25 bits per heavy atom. The number of hydrogen-bond donors (Lipinski definition) is 0. The minimum atomic E-state index is -0.127. The van der Waals surface area contributed by atoms with Gasteiger partial charge in [0.2, 0.25) is 0 Å². The van der Waals surface area contributed by atoms with Crippen molar-refractivity contribution < 1.29 is 0 Å². The molecule has 0 fully saturated rings. The first-order valence-corrected chi connectivity index (χ1v) is 7.31. The molecule has 2 aromatic rings. The highest BCUT2D eigenvalue weighted by Gasteiger charge is 2.08. The molecule has 0 aliphatic carbocycles. The number of aryl methyl sites for hydroxylation is 1. The van der Waals surface area contributed by atoms with Gasteiger partial charge in [0, 0.05) is 24.4 Å². The molecule has 1 aromatic heterocycles. The SMILES string of the molecule is CCC(Cl)/N=C\Cc1cccc(C)c1-c1ccccn1. The van der Waals surface area contributed by atoms with Gasteiger partial charge in [-0.1, -0.05) is 42.8 Å². The van der Waals surface area contributed by atoms with Crippen LogP contribution in [-0.4, -0.2) is 16.7 Å². The fourth-order valence-electron chi connectivity index (χ4n) is 2.15. The Hall–Kier alpha value is -1.67. The molecule has 3 heteroatoms. The molecule has 2 nitrogen and oxygen atoms in total. The van der Waals surface area contributed by atoms with Crippen LogP contribution in [0.25, 0.3) is 11.3 Å². The first-order chi connectivity index (χ1) is 9.72. The second kappa shape index (κ2) is 7.20. The highest BCUT2D eigenvalue weighted by atomic mass is 35.5. The summed E-state index contributed by atoms with van der Waals surface area (Å²) in [6, 6.07) is 12.3. The van der Waals surface area contributed by atoms with E-state index in [-0.39, 0.29) is 5.50 Å². The predicted molar refractivity (Wildman–Crippen MR) is 86.5 cm³/mol. The van der Waals surface area contributed by atoms with E-state index < -0.39 is 0 Å². The summed E-state index contributed by atoms with van der Waals surface area (Å²) in [5.41, 5.74) is 4.53. The number of aromatic nitrogens is 1. The lowest BCUT2D eigenvalue weighted by Gasteiger charge is -2.10. The van der Waals surface area contributed by atoms with Gasteiger partial charge < -0.3 is 0 Å². The summed E-state index contributed by atoms with van der Waals surface area (Å²) in [5.74, 6) is 0. The number of nitrogens with zero attached hydrogens (tertiary/aromatic N) is 2. The van der Waals surface area contributed by atoms with Crippen LogP contribution in [0.5, 0.6) is 0 Å². The summed E-state index contributed by atoms with van der Waals surface area (Å²) >= 11 is 6.01. The molecule has 0 spiro atoms. The molecule has 1 atom stereocenters. The van der Waals surface area contributed by atoms with E-state index in [1.807, 2.05) is 37.5 Å². The Bertz CT molecular complexity index is 579. The van der Waals surface area contributed by atoms with E-state index in [2.05, 4.69) is 35.1 Å². The van der Waals surface area contributed by atoms with E-state index >= 15 is 0 Å². The molecule has 0 N–H and O–H groups in total. The largest absolute Gasteiger partial charge is 0.278 e. The minimum Gasteiger partial charge on any atom is -0.278 e. The van der Waals surface area contributed by atoms with Crippen LogP contribution in [0, 0.1) is 6.92 Å². The van der Waals surface area contributed by atoms with Crippen molar-refractivity contribution in [2.45, 2.75) is 32.2 Å². The van der Waals surface area contributed by atoms with Crippen LogP contribution in [-0.2, 0) is 6.42 Å². The first-order valence-electron chi connectivity index (χ1n) is 6.88. The number of benzene rings is 1. The number of pyridine rings is 1. The molecular weight excluding hydrogens is 268 g/mol. The standard InChI is InChI=1S/C17H19ClN2/c1-3-16(18)20-12-10-14-8-6-7-13(2)17(14)15-9-4-5-11-19-15/h4-9,11-12,16H,3,10H2,1-2H3/b20-12-. The Balaban J connectivity index is 2.30. The summed E-state index contributed by atoms with van der Waals surface area (Å²) in [7, 11) is 0. The van der Waals surface area contributed by atoms with Gasteiger partial charge in [-0.3, -0.25) is 9.98 Å². The maximum Gasteiger partial charge on any atom is 0.123 e. The van der Waals surface area contributed by atoms with Crippen LogP contribution in [0.1, 0.15) is 24.5 Å². The van der Waals surface area contributed by atoms with Crippen molar-refractivity contribution in [3.05, 3.63) is 53.7 Å². The van der Waals surface area contributed by atoms with Gasteiger partial charge in [0.05, 0.1) is 5.69 Å². The average molecular weight is 287 g/mol. The van der Waals surface area contributed by atoms with Crippen molar-refractivity contribution in [2.75, 3.05) is 0 Å². The summed E-state index contributed by atoms with van der Waals surface area (Å²) in [4.78, 5) is 8.78. The third-order valence-electron chi connectivity index (χ3n) is 3.20. The van der Waals surface area contributed by atoms with Crippen LogP contribution >= 0.6 is 11.6 Å². The number of aliphatic imine (C=N–C) groups is 1. The van der Waals surface area contributed by atoms with E-state index in [1.165, 1.54) is 16.7 Å². The number of halogens is 1. The van der Waals surface area contributed by atoms with Crippen LogP contribution < -0.4 is 0 Å². The molecule has 1 heterocycles.